The van der Waals surface area contributed by atoms with Gasteiger partial charge in [-0.15, -0.1) is 21.5 Å². The maximum Gasteiger partial charge on any atom is 0.117 e. The Morgan fingerprint density at radius 3 is 2.40 bits per heavy atom. The molecular weight excluding hydrogens is 266 g/mol. The highest BCUT2D eigenvalue weighted by molar-refractivity contribution is 7.11. The largest absolute Gasteiger partial charge is 0.315 e. The Labute approximate surface area is 125 Å². The summed E-state index contributed by atoms with van der Waals surface area (Å²) < 4.78 is 0. The molecule has 1 aromatic heterocycles. The van der Waals surface area contributed by atoms with Gasteiger partial charge in [0, 0.05) is 18.9 Å². The molecule has 0 spiro atoms. The third kappa shape index (κ3) is 5.39. The number of nitrogens with one attached hydrogen (secondary N) is 1. The van der Waals surface area contributed by atoms with Gasteiger partial charge in [0.25, 0.3) is 0 Å². The van der Waals surface area contributed by atoms with E-state index in [-0.39, 0.29) is 0 Å². The Morgan fingerprint density at radius 2 is 1.70 bits per heavy atom. The minimum absolute atomic E-state index is 0.561. The molecule has 0 atom stereocenters. The number of nitrogens with zero attached hydrogens (tertiary/aromatic N) is 2. The summed E-state index contributed by atoms with van der Waals surface area (Å²) in [5.41, 5.74) is 1.37. The molecule has 0 bridgehead atoms. The topological polar surface area (TPSA) is 37.8 Å². The Bertz CT molecular complexity index is 493. The van der Waals surface area contributed by atoms with Crippen molar-refractivity contribution >= 4 is 11.3 Å². The molecule has 4 heteroatoms. The second kappa shape index (κ2) is 8.12. The van der Waals surface area contributed by atoms with Gasteiger partial charge in [-0.1, -0.05) is 44.2 Å². The standard InChI is InChI=1S/C16H23N3S/c1-13(2)17-12-6-9-15-18-19-16(20-15)11-10-14-7-4-3-5-8-14/h3-5,7-8,13,17H,6,9-12H2,1-2H3. The Hall–Kier alpha value is -1.26. The van der Waals surface area contributed by atoms with E-state index >= 15 is 0 Å². The summed E-state index contributed by atoms with van der Waals surface area (Å²) in [6.45, 7) is 5.40. The molecule has 0 amide bonds. The molecule has 0 saturated heterocycles. The first-order valence-corrected chi connectivity index (χ1v) is 8.14. The highest BCUT2D eigenvalue weighted by atomic mass is 32.1. The van der Waals surface area contributed by atoms with E-state index in [4.69, 9.17) is 0 Å². The van der Waals surface area contributed by atoms with E-state index in [1.807, 2.05) is 0 Å². The lowest BCUT2D eigenvalue weighted by Gasteiger charge is -2.05. The molecule has 2 aromatic rings. The highest BCUT2D eigenvalue weighted by Gasteiger charge is 2.04. The summed E-state index contributed by atoms with van der Waals surface area (Å²) in [4.78, 5) is 0. The van der Waals surface area contributed by atoms with Crippen molar-refractivity contribution < 1.29 is 0 Å². The number of hydrogen-bond acceptors (Lipinski definition) is 4. The first-order chi connectivity index (χ1) is 9.74. The van der Waals surface area contributed by atoms with E-state index in [0.717, 1.165) is 37.2 Å². The van der Waals surface area contributed by atoms with Crippen molar-refractivity contribution in [3.8, 4) is 0 Å². The average molecular weight is 289 g/mol. The van der Waals surface area contributed by atoms with Crippen LogP contribution in [0.25, 0.3) is 0 Å². The lowest BCUT2D eigenvalue weighted by molar-refractivity contribution is 0.569. The van der Waals surface area contributed by atoms with E-state index in [0.29, 0.717) is 6.04 Å². The van der Waals surface area contributed by atoms with Crippen LogP contribution >= 0.6 is 11.3 Å². The minimum atomic E-state index is 0.561. The van der Waals surface area contributed by atoms with Crippen molar-refractivity contribution in [2.45, 2.75) is 45.6 Å². The van der Waals surface area contributed by atoms with Crippen molar-refractivity contribution in [2.24, 2.45) is 0 Å². The zero-order chi connectivity index (χ0) is 14.2. The molecule has 0 aliphatic heterocycles. The fourth-order valence-electron chi connectivity index (χ4n) is 2.02. The van der Waals surface area contributed by atoms with Gasteiger partial charge in [-0.05, 0) is 24.9 Å². The van der Waals surface area contributed by atoms with Gasteiger partial charge < -0.3 is 5.32 Å². The van der Waals surface area contributed by atoms with Gasteiger partial charge in [-0.2, -0.15) is 0 Å². The molecule has 0 unspecified atom stereocenters. The fourth-order valence-corrected chi connectivity index (χ4v) is 2.90. The zero-order valence-corrected chi connectivity index (χ0v) is 13.1. The molecule has 108 valence electrons. The van der Waals surface area contributed by atoms with Crippen molar-refractivity contribution in [1.82, 2.24) is 15.5 Å². The van der Waals surface area contributed by atoms with Crippen molar-refractivity contribution in [3.05, 3.63) is 45.9 Å². The number of aromatic nitrogens is 2. The van der Waals surface area contributed by atoms with Gasteiger partial charge in [0.2, 0.25) is 0 Å². The maximum absolute atomic E-state index is 4.29. The Morgan fingerprint density at radius 1 is 1.00 bits per heavy atom. The molecule has 0 aliphatic carbocycles. The summed E-state index contributed by atoms with van der Waals surface area (Å²) >= 11 is 1.76. The molecule has 1 aromatic carbocycles. The number of rotatable bonds is 8. The number of aryl methyl sites for hydroxylation is 3. The predicted molar refractivity (Wildman–Crippen MR) is 85.2 cm³/mol. The number of hydrogen-bond donors (Lipinski definition) is 1. The Kier molecular flexibility index (Phi) is 6.15. The third-order valence-corrected chi connectivity index (χ3v) is 4.14. The maximum atomic E-state index is 4.29. The van der Waals surface area contributed by atoms with Crippen LogP contribution in [0.5, 0.6) is 0 Å². The molecule has 1 heterocycles. The van der Waals surface area contributed by atoms with E-state index in [2.05, 4.69) is 59.7 Å². The molecule has 0 radical (unpaired) electrons. The van der Waals surface area contributed by atoms with Crippen LogP contribution in [0.2, 0.25) is 0 Å². The second-order valence-electron chi connectivity index (χ2n) is 5.29. The highest BCUT2D eigenvalue weighted by Crippen LogP contribution is 2.14. The molecule has 1 N–H and O–H groups in total. The van der Waals surface area contributed by atoms with Crippen LogP contribution < -0.4 is 5.32 Å². The molecule has 3 nitrogen and oxygen atoms in total. The molecule has 0 saturated carbocycles. The van der Waals surface area contributed by atoms with Crippen LogP contribution in [0.3, 0.4) is 0 Å². The van der Waals surface area contributed by atoms with Gasteiger partial charge in [-0.3, -0.25) is 0 Å². The smallest absolute Gasteiger partial charge is 0.117 e. The van der Waals surface area contributed by atoms with E-state index in [1.54, 1.807) is 11.3 Å². The predicted octanol–water partition coefficient (Wildman–Crippen LogP) is 3.25. The lowest BCUT2D eigenvalue weighted by atomic mass is 10.1. The van der Waals surface area contributed by atoms with Crippen LogP contribution in [0.15, 0.2) is 30.3 Å². The normalized spacial score (nSPS) is 11.2. The lowest BCUT2D eigenvalue weighted by Crippen LogP contribution is -2.23. The summed E-state index contributed by atoms with van der Waals surface area (Å²) in [7, 11) is 0. The van der Waals surface area contributed by atoms with Crippen LogP contribution in [-0.4, -0.2) is 22.8 Å². The molecular formula is C16H23N3S. The Balaban J connectivity index is 1.72. The summed E-state index contributed by atoms with van der Waals surface area (Å²) in [5.74, 6) is 0. The monoisotopic (exact) mass is 289 g/mol. The number of benzene rings is 1. The van der Waals surface area contributed by atoms with Gasteiger partial charge in [-0.25, -0.2) is 0 Å². The van der Waals surface area contributed by atoms with E-state index in [1.165, 1.54) is 10.6 Å². The summed E-state index contributed by atoms with van der Waals surface area (Å²) in [5, 5.41) is 14.3. The van der Waals surface area contributed by atoms with Gasteiger partial charge in [0.05, 0.1) is 0 Å². The van der Waals surface area contributed by atoms with Crippen LogP contribution in [0, 0.1) is 0 Å². The first-order valence-electron chi connectivity index (χ1n) is 7.32. The van der Waals surface area contributed by atoms with Gasteiger partial charge in [0.15, 0.2) is 0 Å². The van der Waals surface area contributed by atoms with Crippen LogP contribution in [0.1, 0.15) is 35.8 Å². The molecule has 20 heavy (non-hydrogen) atoms. The van der Waals surface area contributed by atoms with Gasteiger partial charge >= 0.3 is 0 Å². The zero-order valence-electron chi connectivity index (χ0n) is 12.3. The SMILES string of the molecule is CC(C)NCCCc1nnc(CCc2ccccc2)s1. The first kappa shape index (κ1) is 15.1. The van der Waals surface area contributed by atoms with E-state index in [9.17, 15) is 0 Å². The van der Waals surface area contributed by atoms with Crippen LogP contribution in [-0.2, 0) is 19.3 Å². The van der Waals surface area contributed by atoms with Crippen molar-refractivity contribution in [2.75, 3.05) is 6.54 Å². The molecule has 2 rings (SSSR count). The third-order valence-electron chi connectivity index (χ3n) is 3.10. The summed E-state index contributed by atoms with van der Waals surface area (Å²) in [6.07, 6.45) is 4.20. The van der Waals surface area contributed by atoms with E-state index < -0.39 is 0 Å². The molecule has 0 aliphatic rings. The quantitative estimate of drug-likeness (QED) is 0.758. The minimum Gasteiger partial charge on any atom is -0.315 e. The molecule has 0 fully saturated rings. The van der Waals surface area contributed by atoms with Crippen molar-refractivity contribution in [3.63, 3.8) is 0 Å². The fraction of sp³-hybridized carbons (Fsp3) is 0.500. The average Bonchev–Trinajstić information content (AvgIpc) is 2.90. The summed E-state index contributed by atoms with van der Waals surface area (Å²) in [6, 6.07) is 11.1. The van der Waals surface area contributed by atoms with Gasteiger partial charge in [0.1, 0.15) is 10.0 Å². The van der Waals surface area contributed by atoms with Crippen molar-refractivity contribution in [1.29, 1.82) is 0 Å². The second-order valence-corrected chi connectivity index (χ2v) is 6.43. The van der Waals surface area contributed by atoms with Crippen LogP contribution in [0.4, 0.5) is 0 Å².